The molecule has 100 valence electrons. The van der Waals surface area contributed by atoms with Crippen molar-refractivity contribution in [2.75, 3.05) is 29.9 Å². The molecule has 0 aliphatic carbocycles. The number of nitrogens with one attached hydrogen (secondary N) is 2. The molecular formula is C13H23N5. The Morgan fingerprint density at radius 1 is 1.56 bits per heavy atom. The average molecular weight is 249 g/mol. The first-order valence-electron chi connectivity index (χ1n) is 6.76. The van der Waals surface area contributed by atoms with Crippen LogP contribution in [0.5, 0.6) is 0 Å². The third kappa shape index (κ3) is 3.32. The molecular weight excluding hydrogens is 226 g/mol. The van der Waals surface area contributed by atoms with Gasteiger partial charge in [-0.2, -0.15) is 0 Å². The van der Waals surface area contributed by atoms with Gasteiger partial charge in [0.15, 0.2) is 0 Å². The Labute approximate surface area is 109 Å². The van der Waals surface area contributed by atoms with Crippen molar-refractivity contribution in [3.63, 3.8) is 0 Å². The van der Waals surface area contributed by atoms with Crippen molar-refractivity contribution in [3.05, 3.63) is 12.4 Å². The standard InChI is InChI=1S/C13H23N5/c1-4-10(2)17-12-7-13(16-9-15-12)18-6-5-14-11(3)8-18/h7,9-11,14H,4-6,8H2,1-3H3,(H,15,16,17). The predicted molar refractivity (Wildman–Crippen MR) is 75.1 cm³/mol. The van der Waals surface area contributed by atoms with E-state index in [2.05, 4.69) is 46.3 Å². The third-order valence-corrected chi connectivity index (χ3v) is 3.35. The first kappa shape index (κ1) is 13.1. The molecule has 0 bridgehead atoms. The summed E-state index contributed by atoms with van der Waals surface area (Å²) in [5, 5.41) is 6.83. The van der Waals surface area contributed by atoms with Crippen LogP contribution in [0.2, 0.25) is 0 Å². The van der Waals surface area contributed by atoms with E-state index in [1.165, 1.54) is 0 Å². The summed E-state index contributed by atoms with van der Waals surface area (Å²) >= 11 is 0. The zero-order valence-electron chi connectivity index (χ0n) is 11.5. The molecule has 0 spiro atoms. The SMILES string of the molecule is CCC(C)Nc1cc(N2CCNC(C)C2)ncn1. The van der Waals surface area contributed by atoms with Crippen molar-refractivity contribution in [1.29, 1.82) is 0 Å². The van der Waals surface area contributed by atoms with Crippen LogP contribution in [0.25, 0.3) is 0 Å². The van der Waals surface area contributed by atoms with E-state index in [1.807, 2.05) is 6.07 Å². The van der Waals surface area contributed by atoms with Crippen molar-refractivity contribution in [2.45, 2.75) is 39.3 Å². The summed E-state index contributed by atoms with van der Waals surface area (Å²) in [5.74, 6) is 1.93. The second-order valence-electron chi connectivity index (χ2n) is 5.02. The lowest BCUT2D eigenvalue weighted by Crippen LogP contribution is -2.49. The largest absolute Gasteiger partial charge is 0.367 e. The zero-order chi connectivity index (χ0) is 13.0. The molecule has 1 aliphatic heterocycles. The van der Waals surface area contributed by atoms with E-state index in [-0.39, 0.29) is 0 Å². The highest BCUT2D eigenvalue weighted by molar-refractivity contribution is 5.49. The van der Waals surface area contributed by atoms with E-state index in [4.69, 9.17) is 0 Å². The van der Waals surface area contributed by atoms with Crippen LogP contribution in [0, 0.1) is 0 Å². The van der Waals surface area contributed by atoms with Crippen LogP contribution in [-0.4, -0.2) is 41.7 Å². The summed E-state index contributed by atoms with van der Waals surface area (Å²) in [4.78, 5) is 11.0. The Hall–Kier alpha value is -1.36. The Kier molecular flexibility index (Phi) is 4.36. The molecule has 0 saturated carbocycles. The minimum Gasteiger partial charge on any atom is -0.367 e. The minimum absolute atomic E-state index is 0.440. The molecule has 1 fully saturated rings. The maximum atomic E-state index is 4.38. The van der Waals surface area contributed by atoms with Gasteiger partial charge in [0.25, 0.3) is 0 Å². The van der Waals surface area contributed by atoms with Crippen LogP contribution in [0.1, 0.15) is 27.2 Å². The van der Waals surface area contributed by atoms with Gasteiger partial charge in [-0.3, -0.25) is 0 Å². The van der Waals surface area contributed by atoms with E-state index >= 15 is 0 Å². The van der Waals surface area contributed by atoms with Crippen molar-refractivity contribution >= 4 is 11.6 Å². The molecule has 18 heavy (non-hydrogen) atoms. The fourth-order valence-corrected chi connectivity index (χ4v) is 2.09. The van der Waals surface area contributed by atoms with Crippen molar-refractivity contribution in [3.8, 4) is 0 Å². The molecule has 1 aromatic rings. The van der Waals surface area contributed by atoms with Gasteiger partial charge in [0, 0.05) is 37.8 Å². The molecule has 2 unspecified atom stereocenters. The normalized spacial score (nSPS) is 21.7. The number of aromatic nitrogens is 2. The first-order chi connectivity index (χ1) is 8.69. The summed E-state index contributed by atoms with van der Waals surface area (Å²) in [6, 6.07) is 3.00. The summed E-state index contributed by atoms with van der Waals surface area (Å²) in [6.45, 7) is 9.54. The van der Waals surface area contributed by atoms with Crippen LogP contribution in [0.15, 0.2) is 12.4 Å². The lowest BCUT2D eigenvalue weighted by molar-refractivity contribution is 0.482. The molecule has 2 rings (SSSR count). The first-order valence-corrected chi connectivity index (χ1v) is 6.76. The van der Waals surface area contributed by atoms with Gasteiger partial charge < -0.3 is 15.5 Å². The Morgan fingerprint density at radius 2 is 2.39 bits per heavy atom. The van der Waals surface area contributed by atoms with E-state index in [0.29, 0.717) is 12.1 Å². The highest BCUT2D eigenvalue weighted by Gasteiger charge is 2.17. The number of rotatable bonds is 4. The summed E-state index contributed by atoms with van der Waals surface area (Å²) in [5.41, 5.74) is 0. The van der Waals surface area contributed by atoms with Crippen LogP contribution < -0.4 is 15.5 Å². The van der Waals surface area contributed by atoms with Crippen LogP contribution in [0.4, 0.5) is 11.6 Å². The van der Waals surface area contributed by atoms with Crippen molar-refractivity contribution < 1.29 is 0 Å². The average Bonchev–Trinajstić information content (AvgIpc) is 2.39. The fourth-order valence-electron chi connectivity index (χ4n) is 2.09. The molecule has 2 heterocycles. The third-order valence-electron chi connectivity index (χ3n) is 3.35. The van der Waals surface area contributed by atoms with Crippen LogP contribution in [0.3, 0.4) is 0 Å². The number of anilines is 2. The molecule has 2 atom stereocenters. The summed E-state index contributed by atoms with van der Waals surface area (Å²) in [7, 11) is 0. The second kappa shape index (κ2) is 6.00. The predicted octanol–water partition coefficient (Wildman–Crippen LogP) is 1.49. The Morgan fingerprint density at radius 3 is 3.11 bits per heavy atom. The van der Waals surface area contributed by atoms with Gasteiger partial charge in [0.05, 0.1) is 0 Å². The lowest BCUT2D eigenvalue weighted by Gasteiger charge is -2.32. The van der Waals surface area contributed by atoms with E-state index in [0.717, 1.165) is 37.7 Å². The smallest absolute Gasteiger partial charge is 0.134 e. The van der Waals surface area contributed by atoms with Gasteiger partial charge in [-0.1, -0.05) is 6.92 Å². The maximum absolute atomic E-state index is 4.38. The van der Waals surface area contributed by atoms with Crippen LogP contribution >= 0.6 is 0 Å². The molecule has 1 aromatic heterocycles. The van der Waals surface area contributed by atoms with Crippen molar-refractivity contribution in [2.24, 2.45) is 0 Å². The summed E-state index contributed by atoms with van der Waals surface area (Å²) in [6.07, 6.45) is 2.73. The van der Waals surface area contributed by atoms with Gasteiger partial charge in [-0.15, -0.1) is 0 Å². The van der Waals surface area contributed by atoms with Gasteiger partial charge >= 0.3 is 0 Å². The second-order valence-corrected chi connectivity index (χ2v) is 5.02. The fraction of sp³-hybridized carbons (Fsp3) is 0.692. The number of piperazine rings is 1. The maximum Gasteiger partial charge on any atom is 0.134 e. The van der Waals surface area contributed by atoms with Gasteiger partial charge in [0.1, 0.15) is 18.0 Å². The Balaban J connectivity index is 2.06. The Bertz CT molecular complexity index is 381. The molecule has 1 saturated heterocycles. The highest BCUT2D eigenvalue weighted by Crippen LogP contribution is 2.16. The molecule has 0 aromatic carbocycles. The van der Waals surface area contributed by atoms with E-state index in [9.17, 15) is 0 Å². The van der Waals surface area contributed by atoms with Gasteiger partial charge in [0.2, 0.25) is 0 Å². The van der Waals surface area contributed by atoms with E-state index in [1.54, 1.807) is 6.33 Å². The lowest BCUT2D eigenvalue weighted by atomic mass is 10.2. The monoisotopic (exact) mass is 249 g/mol. The summed E-state index contributed by atoms with van der Waals surface area (Å²) < 4.78 is 0. The topological polar surface area (TPSA) is 53.1 Å². The number of nitrogens with zero attached hydrogens (tertiary/aromatic N) is 3. The molecule has 0 amide bonds. The van der Waals surface area contributed by atoms with Crippen molar-refractivity contribution in [1.82, 2.24) is 15.3 Å². The van der Waals surface area contributed by atoms with Gasteiger partial charge in [-0.05, 0) is 20.3 Å². The quantitative estimate of drug-likeness (QED) is 0.846. The molecule has 1 aliphatic rings. The van der Waals surface area contributed by atoms with Crippen LogP contribution in [-0.2, 0) is 0 Å². The van der Waals surface area contributed by atoms with Gasteiger partial charge in [-0.25, -0.2) is 9.97 Å². The molecule has 2 N–H and O–H groups in total. The highest BCUT2D eigenvalue weighted by atomic mass is 15.2. The van der Waals surface area contributed by atoms with E-state index < -0.39 is 0 Å². The molecule has 5 heteroatoms. The number of hydrogen-bond acceptors (Lipinski definition) is 5. The zero-order valence-corrected chi connectivity index (χ0v) is 11.5. The molecule has 5 nitrogen and oxygen atoms in total. The number of hydrogen-bond donors (Lipinski definition) is 2. The minimum atomic E-state index is 0.440. The molecule has 0 radical (unpaired) electrons.